The zero-order chi connectivity index (χ0) is 25.3. The van der Waals surface area contributed by atoms with Crippen LogP contribution in [0.1, 0.15) is 0 Å². The Labute approximate surface area is 220 Å². The van der Waals surface area contributed by atoms with Crippen LogP contribution in [0.15, 0.2) is 127 Å². The van der Waals surface area contributed by atoms with E-state index in [-0.39, 0.29) is 0 Å². The second kappa shape index (κ2) is 9.30. The molecule has 0 aliphatic carbocycles. The predicted molar refractivity (Wildman–Crippen MR) is 155 cm³/mol. The third-order valence-corrected chi connectivity index (χ3v) is 6.67. The summed E-state index contributed by atoms with van der Waals surface area (Å²) in [6, 6.07) is 43.0. The van der Waals surface area contributed by atoms with E-state index in [0.717, 1.165) is 50.6 Å². The van der Waals surface area contributed by atoms with Gasteiger partial charge in [0.1, 0.15) is 0 Å². The van der Waals surface area contributed by atoms with Crippen molar-refractivity contribution in [2.24, 2.45) is 0 Å². The van der Waals surface area contributed by atoms with Gasteiger partial charge in [-0.25, -0.2) is 15.0 Å². The molecule has 6 aromatic rings. The number of rotatable bonds is 4. The van der Waals surface area contributed by atoms with Crippen LogP contribution in [-0.2, 0) is 0 Å². The van der Waals surface area contributed by atoms with Crippen molar-refractivity contribution in [3.8, 4) is 45.3 Å². The number of aromatic nitrogens is 3. The summed E-state index contributed by atoms with van der Waals surface area (Å²) in [6.45, 7) is 0. The van der Waals surface area contributed by atoms with E-state index in [0.29, 0.717) is 17.5 Å². The largest absolute Gasteiger partial charge is 0.352 e. The summed E-state index contributed by atoms with van der Waals surface area (Å²) in [5.74, 6) is 1.96. The molecule has 0 amide bonds. The van der Waals surface area contributed by atoms with E-state index >= 15 is 0 Å². The second-order valence-electron chi connectivity index (χ2n) is 9.14. The molecule has 0 fully saturated rings. The molecular weight excluding hydrogens is 466 g/mol. The molecule has 0 saturated heterocycles. The number of fused-ring (bicyclic) bond motifs is 2. The average molecular weight is 490 g/mol. The van der Waals surface area contributed by atoms with Gasteiger partial charge in [-0.05, 0) is 23.8 Å². The summed E-state index contributed by atoms with van der Waals surface area (Å²) in [5, 5.41) is 7.15. The van der Waals surface area contributed by atoms with Gasteiger partial charge in [0.15, 0.2) is 17.5 Å². The highest BCUT2D eigenvalue weighted by atomic mass is 15.0. The number of benzene rings is 5. The first-order valence-electron chi connectivity index (χ1n) is 12.6. The van der Waals surface area contributed by atoms with E-state index in [1.54, 1.807) is 0 Å². The molecule has 0 unspecified atom stereocenters. The minimum atomic E-state index is 0.646. The normalized spacial score (nSPS) is 11.6. The monoisotopic (exact) mass is 489 g/mol. The van der Waals surface area contributed by atoms with Crippen molar-refractivity contribution in [1.82, 2.24) is 15.0 Å². The Hall–Kier alpha value is -5.29. The molecule has 180 valence electrons. The van der Waals surface area contributed by atoms with Crippen molar-refractivity contribution < 1.29 is 0 Å². The van der Waals surface area contributed by atoms with Crippen molar-refractivity contribution in [2.75, 3.05) is 10.6 Å². The van der Waals surface area contributed by atoms with Gasteiger partial charge in [0.2, 0.25) is 0 Å². The van der Waals surface area contributed by atoms with E-state index < -0.39 is 0 Å². The molecule has 2 heterocycles. The maximum absolute atomic E-state index is 4.85. The van der Waals surface area contributed by atoms with Gasteiger partial charge in [-0.3, -0.25) is 0 Å². The molecule has 38 heavy (non-hydrogen) atoms. The zero-order valence-corrected chi connectivity index (χ0v) is 20.5. The standard InChI is InChI=1S/C33H23N5/c1-3-10-23(11-4-1)31-36-32(24-12-5-2-6-13-24)38-33(37-31)25-20-18-22(19-21-25)26-14-9-17-29-30(26)35-28-16-8-7-15-27(28)34-29/h1-21,34-35H. The lowest BCUT2D eigenvalue weighted by Gasteiger charge is -2.25. The molecule has 0 atom stereocenters. The first kappa shape index (κ1) is 21.9. The van der Waals surface area contributed by atoms with Crippen molar-refractivity contribution in [3.05, 3.63) is 127 Å². The Balaban J connectivity index is 1.28. The summed E-state index contributed by atoms with van der Waals surface area (Å²) in [4.78, 5) is 14.5. The van der Waals surface area contributed by atoms with Crippen molar-refractivity contribution >= 4 is 22.7 Å². The first-order valence-corrected chi connectivity index (χ1v) is 12.6. The Bertz CT molecular complexity index is 1690. The minimum absolute atomic E-state index is 0.646. The predicted octanol–water partition coefficient (Wildman–Crippen LogP) is 8.34. The molecule has 0 radical (unpaired) electrons. The van der Waals surface area contributed by atoms with Crippen molar-refractivity contribution in [2.45, 2.75) is 0 Å². The fourth-order valence-corrected chi connectivity index (χ4v) is 4.75. The Kier molecular flexibility index (Phi) is 5.37. The summed E-state index contributed by atoms with van der Waals surface area (Å²) in [5.41, 5.74) is 9.36. The van der Waals surface area contributed by atoms with Crippen LogP contribution in [0.25, 0.3) is 45.3 Å². The van der Waals surface area contributed by atoms with Crippen LogP contribution in [0.3, 0.4) is 0 Å². The Morgan fingerprint density at radius 2 is 0.789 bits per heavy atom. The molecule has 5 heteroatoms. The van der Waals surface area contributed by atoms with E-state index in [1.165, 1.54) is 0 Å². The maximum atomic E-state index is 4.85. The summed E-state index contributed by atoms with van der Waals surface area (Å²) in [6.07, 6.45) is 0. The summed E-state index contributed by atoms with van der Waals surface area (Å²) < 4.78 is 0. The average Bonchev–Trinajstić information content (AvgIpc) is 3.00. The van der Waals surface area contributed by atoms with Crippen LogP contribution >= 0.6 is 0 Å². The number of hydrogen-bond donors (Lipinski definition) is 2. The van der Waals surface area contributed by atoms with Crippen LogP contribution in [0, 0.1) is 0 Å². The number of hydrogen-bond acceptors (Lipinski definition) is 5. The molecule has 0 spiro atoms. The lowest BCUT2D eigenvalue weighted by Crippen LogP contribution is -2.07. The number of nitrogens with one attached hydrogen (secondary N) is 2. The quantitative estimate of drug-likeness (QED) is 0.260. The summed E-state index contributed by atoms with van der Waals surface area (Å²) in [7, 11) is 0. The molecular formula is C33H23N5. The number of nitrogens with zero attached hydrogens (tertiary/aromatic N) is 3. The SMILES string of the molecule is c1ccc(-c2nc(-c3ccccc3)nc(-c3ccc(-c4cccc5c4Nc4ccccc4N5)cc3)n2)cc1. The number of para-hydroxylation sites is 3. The summed E-state index contributed by atoms with van der Waals surface area (Å²) >= 11 is 0. The molecule has 0 bridgehead atoms. The smallest absolute Gasteiger partial charge is 0.164 e. The Morgan fingerprint density at radius 1 is 0.342 bits per heavy atom. The van der Waals surface area contributed by atoms with Gasteiger partial charge in [0.05, 0.1) is 22.7 Å². The molecule has 5 aromatic carbocycles. The molecule has 1 aliphatic heterocycles. The first-order chi connectivity index (χ1) is 18.8. The highest BCUT2D eigenvalue weighted by Crippen LogP contribution is 2.43. The molecule has 2 N–H and O–H groups in total. The van der Waals surface area contributed by atoms with Crippen LogP contribution in [0.2, 0.25) is 0 Å². The lowest BCUT2D eigenvalue weighted by molar-refractivity contribution is 1.07. The van der Waals surface area contributed by atoms with Crippen LogP contribution in [0.5, 0.6) is 0 Å². The topological polar surface area (TPSA) is 62.7 Å². The maximum Gasteiger partial charge on any atom is 0.164 e. The second-order valence-corrected chi connectivity index (χ2v) is 9.14. The third-order valence-electron chi connectivity index (χ3n) is 6.67. The third kappa shape index (κ3) is 4.06. The van der Waals surface area contributed by atoms with E-state index in [4.69, 9.17) is 15.0 Å². The van der Waals surface area contributed by atoms with E-state index in [1.807, 2.05) is 72.8 Å². The van der Waals surface area contributed by atoms with Gasteiger partial charge >= 0.3 is 0 Å². The van der Waals surface area contributed by atoms with Gasteiger partial charge in [-0.1, -0.05) is 109 Å². The highest BCUT2D eigenvalue weighted by molar-refractivity contribution is 5.97. The zero-order valence-electron chi connectivity index (χ0n) is 20.5. The highest BCUT2D eigenvalue weighted by Gasteiger charge is 2.18. The van der Waals surface area contributed by atoms with Crippen LogP contribution < -0.4 is 10.6 Å². The molecule has 1 aliphatic rings. The van der Waals surface area contributed by atoms with E-state index in [2.05, 4.69) is 65.2 Å². The number of anilines is 4. The van der Waals surface area contributed by atoms with Crippen molar-refractivity contribution in [1.29, 1.82) is 0 Å². The fraction of sp³-hybridized carbons (Fsp3) is 0. The lowest BCUT2D eigenvalue weighted by atomic mass is 9.99. The van der Waals surface area contributed by atoms with Gasteiger partial charge < -0.3 is 10.6 Å². The van der Waals surface area contributed by atoms with Gasteiger partial charge in [-0.15, -0.1) is 0 Å². The van der Waals surface area contributed by atoms with Crippen molar-refractivity contribution in [3.63, 3.8) is 0 Å². The molecule has 7 rings (SSSR count). The van der Waals surface area contributed by atoms with Gasteiger partial charge in [-0.2, -0.15) is 0 Å². The van der Waals surface area contributed by atoms with Gasteiger partial charge in [0.25, 0.3) is 0 Å². The van der Waals surface area contributed by atoms with Gasteiger partial charge in [0, 0.05) is 22.3 Å². The minimum Gasteiger partial charge on any atom is -0.352 e. The molecule has 5 nitrogen and oxygen atoms in total. The van der Waals surface area contributed by atoms with Crippen LogP contribution in [-0.4, -0.2) is 15.0 Å². The fourth-order valence-electron chi connectivity index (χ4n) is 4.75. The Morgan fingerprint density at radius 3 is 1.37 bits per heavy atom. The molecule has 1 aromatic heterocycles. The van der Waals surface area contributed by atoms with E-state index in [9.17, 15) is 0 Å². The van der Waals surface area contributed by atoms with Crippen LogP contribution in [0.4, 0.5) is 22.7 Å². The molecule has 0 saturated carbocycles.